The minimum atomic E-state index is 0.0467. The van der Waals surface area contributed by atoms with Crippen molar-refractivity contribution in [3.8, 4) is 11.1 Å². The second kappa shape index (κ2) is 7.96. The molecule has 1 aliphatic carbocycles. The van der Waals surface area contributed by atoms with E-state index in [1.165, 1.54) is 16.8 Å². The Labute approximate surface area is 193 Å². The van der Waals surface area contributed by atoms with Crippen LogP contribution in [0, 0.1) is 5.92 Å². The lowest BCUT2D eigenvalue weighted by atomic mass is 9.82. The summed E-state index contributed by atoms with van der Waals surface area (Å²) < 4.78 is 4.34. The standard InChI is InChI=1S/C27H30N4O2/c1-15(2)13-31-24-8-6-17(16(3)33)10-19(24)26-20(11-28-4)22(14-32)25-18(27(26)31)7-9-23-21(25)12-29-30(23)5/h6,8,10,12,14-15,28H,7,9,11,13H2,1-5H3. The largest absolute Gasteiger partial charge is 0.340 e. The summed E-state index contributed by atoms with van der Waals surface area (Å²) in [4.78, 5) is 24.8. The fraction of sp³-hybridized carbons (Fsp3) is 0.370. The van der Waals surface area contributed by atoms with Crippen LogP contribution in [0.15, 0.2) is 24.4 Å². The van der Waals surface area contributed by atoms with Crippen molar-refractivity contribution in [1.29, 1.82) is 0 Å². The second-order valence-corrected chi connectivity index (χ2v) is 9.54. The molecular weight excluding hydrogens is 412 g/mol. The minimum absolute atomic E-state index is 0.0467. The normalized spacial score (nSPS) is 13.0. The molecule has 0 spiro atoms. The van der Waals surface area contributed by atoms with Gasteiger partial charge in [-0.2, -0.15) is 5.10 Å². The number of aryl methyl sites for hydroxylation is 2. The van der Waals surface area contributed by atoms with E-state index in [4.69, 9.17) is 0 Å². The number of rotatable bonds is 6. The molecule has 0 fully saturated rings. The molecule has 33 heavy (non-hydrogen) atoms. The number of aldehydes is 1. The lowest BCUT2D eigenvalue weighted by molar-refractivity contribution is 0.101. The van der Waals surface area contributed by atoms with Crippen LogP contribution in [0.2, 0.25) is 0 Å². The van der Waals surface area contributed by atoms with Crippen molar-refractivity contribution in [2.75, 3.05) is 7.05 Å². The van der Waals surface area contributed by atoms with Crippen LogP contribution in [0.4, 0.5) is 0 Å². The molecule has 0 saturated heterocycles. The van der Waals surface area contributed by atoms with E-state index < -0.39 is 0 Å². The zero-order chi connectivity index (χ0) is 23.4. The molecule has 1 aliphatic rings. The third kappa shape index (κ3) is 3.16. The summed E-state index contributed by atoms with van der Waals surface area (Å²) in [6.07, 6.45) is 4.65. The summed E-state index contributed by atoms with van der Waals surface area (Å²) in [5, 5.41) is 9.94. The maximum absolute atomic E-state index is 12.6. The number of hydrogen-bond donors (Lipinski definition) is 1. The molecule has 6 nitrogen and oxygen atoms in total. The maximum Gasteiger partial charge on any atom is 0.159 e. The quantitative estimate of drug-likeness (QED) is 0.348. The molecule has 0 amide bonds. The van der Waals surface area contributed by atoms with E-state index in [0.717, 1.165) is 64.2 Å². The summed E-state index contributed by atoms with van der Waals surface area (Å²) in [5.74, 6) is 0.494. The van der Waals surface area contributed by atoms with E-state index in [1.54, 1.807) is 6.92 Å². The number of fused-ring (bicyclic) bond motifs is 7. The monoisotopic (exact) mass is 442 g/mol. The molecule has 0 aliphatic heterocycles. The van der Waals surface area contributed by atoms with Crippen LogP contribution in [0.3, 0.4) is 0 Å². The predicted molar refractivity (Wildman–Crippen MR) is 132 cm³/mol. The summed E-state index contributed by atoms with van der Waals surface area (Å²) in [6.45, 7) is 7.48. The van der Waals surface area contributed by atoms with Crippen molar-refractivity contribution < 1.29 is 9.59 Å². The number of nitrogens with zero attached hydrogens (tertiary/aromatic N) is 3. The third-order valence-corrected chi connectivity index (χ3v) is 6.92. The lowest BCUT2D eigenvalue weighted by Gasteiger charge is -2.24. The minimum Gasteiger partial charge on any atom is -0.340 e. The van der Waals surface area contributed by atoms with Crippen molar-refractivity contribution in [3.05, 3.63) is 52.3 Å². The Hall–Kier alpha value is -3.25. The van der Waals surface area contributed by atoms with Crippen molar-refractivity contribution >= 4 is 33.9 Å². The van der Waals surface area contributed by atoms with E-state index in [9.17, 15) is 9.59 Å². The van der Waals surface area contributed by atoms with Crippen LogP contribution in [0.1, 0.15) is 58.3 Å². The molecule has 0 saturated carbocycles. The third-order valence-electron chi connectivity index (χ3n) is 6.92. The molecule has 2 heterocycles. The molecule has 0 atom stereocenters. The van der Waals surface area contributed by atoms with Crippen LogP contribution in [0.5, 0.6) is 0 Å². The van der Waals surface area contributed by atoms with Gasteiger partial charge in [-0.1, -0.05) is 13.8 Å². The topological polar surface area (TPSA) is 68.9 Å². The van der Waals surface area contributed by atoms with Gasteiger partial charge in [-0.3, -0.25) is 14.3 Å². The molecule has 0 radical (unpaired) electrons. The van der Waals surface area contributed by atoms with Gasteiger partial charge in [0.1, 0.15) is 0 Å². The highest BCUT2D eigenvalue weighted by atomic mass is 16.1. The number of Topliss-reactive ketones (excluding diaryl/α,β-unsaturated/α-hetero) is 1. The van der Waals surface area contributed by atoms with Gasteiger partial charge in [0.15, 0.2) is 12.1 Å². The SMILES string of the molecule is CNCc1c(C=O)c2c(c3c1c1cc(C(C)=O)ccc1n3CC(C)C)CCc1c-2cnn1C. The average Bonchev–Trinajstić information content (AvgIpc) is 3.31. The predicted octanol–water partition coefficient (Wildman–Crippen LogP) is 4.68. The van der Waals surface area contributed by atoms with E-state index in [1.807, 2.05) is 37.1 Å². The number of aromatic nitrogens is 3. The fourth-order valence-electron chi connectivity index (χ4n) is 5.57. The first-order valence-electron chi connectivity index (χ1n) is 11.6. The van der Waals surface area contributed by atoms with Gasteiger partial charge in [0.25, 0.3) is 0 Å². The molecule has 0 unspecified atom stereocenters. The van der Waals surface area contributed by atoms with Crippen molar-refractivity contribution in [1.82, 2.24) is 19.7 Å². The van der Waals surface area contributed by atoms with Crippen molar-refractivity contribution in [2.24, 2.45) is 13.0 Å². The van der Waals surface area contributed by atoms with Crippen LogP contribution in [-0.4, -0.2) is 33.5 Å². The van der Waals surface area contributed by atoms with Gasteiger partial charge in [-0.05, 0) is 62.1 Å². The number of nitrogens with one attached hydrogen (secondary N) is 1. The number of carbonyl (C=O) groups excluding carboxylic acids is 2. The summed E-state index contributed by atoms with van der Waals surface area (Å²) in [7, 11) is 3.88. The van der Waals surface area contributed by atoms with Crippen LogP contribution < -0.4 is 5.32 Å². The zero-order valence-electron chi connectivity index (χ0n) is 20.0. The second-order valence-electron chi connectivity index (χ2n) is 9.54. The molecular formula is C27H30N4O2. The van der Waals surface area contributed by atoms with Gasteiger partial charge in [0.05, 0.1) is 11.7 Å². The molecule has 6 heteroatoms. The van der Waals surface area contributed by atoms with Crippen molar-refractivity contribution in [3.63, 3.8) is 0 Å². The summed E-state index contributed by atoms with van der Waals surface area (Å²) in [5.41, 5.74) is 9.20. The Morgan fingerprint density at radius 1 is 1.27 bits per heavy atom. The van der Waals surface area contributed by atoms with E-state index in [0.29, 0.717) is 18.0 Å². The fourth-order valence-corrected chi connectivity index (χ4v) is 5.57. The number of ketones is 1. The number of carbonyl (C=O) groups is 2. The van der Waals surface area contributed by atoms with E-state index in [-0.39, 0.29) is 5.78 Å². The molecule has 170 valence electrons. The maximum atomic E-state index is 12.6. The van der Waals surface area contributed by atoms with Gasteiger partial charge >= 0.3 is 0 Å². The van der Waals surface area contributed by atoms with Gasteiger partial charge in [-0.25, -0.2) is 0 Å². The smallest absolute Gasteiger partial charge is 0.159 e. The Kier molecular flexibility index (Phi) is 5.20. The Morgan fingerprint density at radius 3 is 2.73 bits per heavy atom. The zero-order valence-corrected chi connectivity index (χ0v) is 20.0. The molecule has 2 aromatic carbocycles. The first kappa shape index (κ1) is 21.6. The molecule has 2 aromatic heterocycles. The highest BCUT2D eigenvalue weighted by Gasteiger charge is 2.30. The van der Waals surface area contributed by atoms with E-state index >= 15 is 0 Å². The Morgan fingerprint density at radius 2 is 2.06 bits per heavy atom. The molecule has 4 aromatic rings. The number of benzene rings is 2. The molecule has 0 bridgehead atoms. The molecule has 1 N–H and O–H groups in total. The first-order chi connectivity index (χ1) is 15.9. The summed E-state index contributed by atoms with van der Waals surface area (Å²) in [6, 6.07) is 6.00. The van der Waals surface area contributed by atoms with Gasteiger partial charge in [-0.15, -0.1) is 0 Å². The van der Waals surface area contributed by atoms with E-state index in [2.05, 4.69) is 34.9 Å². The first-order valence-corrected chi connectivity index (χ1v) is 11.6. The van der Waals surface area contributed by atoms with Crippen LogP contribution in [-0.2, 0) is 33.0 Å². The molecule has 5 rings (SSSR count). The Bertz CT molecular complexity index is 1440. The van der Waals surface area contributed by atoms with Crippen molar-refractivity contribution in [2.45, 2.75) is 46.7 Å². The van der Waals surface area contributed by atoms with Gasteiger partial charge < -0.3 is 9.88 Å². The lowest BCUT2D eigenvalue weighted by Crippen LogP contribution is -2.16. The highest BCUT2D eigenvalue weighted by molar-refractivity contribution is 6.17. The van der Waals surface area contributed by atoms with Gasteiger partial charge in [0.2, 0.25) is 0 Å². The average molecular weight is 443 g/mol. The van der Waals surface area contributed by atoms with Crippen LogP contribution in [0.25, 0.3) is 32.9 Å². The summed E-state index contributed by atoms with van der Waals surface area (Å²) >= 11 is 0. The number of hydrogen-bond acceptors (Lipinski definition) is 4. The van der Waals surface area contributed by atoms with Gasteiger partial charge in [0, 0.05) is 64.4 Å². The van der Waals surface area contributed by atoms with Crippen LogP contribution >= 0.6 is 0 Å². The Balaban J connectivity index is 2.03. The highest BCUT2D eigenvalue weighted by Crippen LogP contribution is 2.45.